The average molecular weight is 442 g/mol. The van der Waals surface area contributed by atoms with Gasteiger partial charge >= 0.3 is 0 Å². The quantitative estimate of drug-likeness (QED) is 0.718. The highest BCUT2D eigenvalue weighted by atomic mass is 16.5. The summed E-state index contributed by atoms with van der Waals surface area (Å²) in [6.45, 7) is 4.23. The van der Waals surface area contributed by atoms with E-state index in [-0.39, 0.29) is 29.1 Å². The summed E-state index contributed by atoms with van der Waals surface area (Å²) >= 11 is 0. The monoisotopic (exact) mass is 441 g/mol. The molecule has 0 radical (unpaired) electrons. The van der Waals surface area contributed by atoms with Crippen molar-refractivity contribution >= 4 is 17.7 Å². The van der Waals surface area contributed by atoms with Crippen molar-refractivity contribution in [2.75, 3.05) is 47.4 Å². The smallest absolute Gasteiger partial charge is 0.230 e. The van der Waals surface area contributed by atoms with Gasteiger partial charge in [0.15, 0.2) is 0 Å². The second-order valence-corrected chi connectivity index (χ2v) is 10.1. The van der Waals surface area contributed by atoms with E-state index in [1.807, 2.05) is 48.2 Å². The number of likely N-dealkylation sites (tertiary alicyclic amines) is 2. The second kappa shape index (κ2) is 8.41. The Hall–Kier alpha value is -2.57. The van der Waals surface area contributed by atoms with Crippen LogP contribution in [0.4, 0.5) is 0 Å². The topological polar surface area (TPSA) is 70.2 Å². The number of carbonyl (C=O) groups excluding carboxylic acids is 3. The van der Waals surface area contributed by atoms with Gasteiger partial charge in [-0.2, -0.15) is 0 Å². The van der Waals surface area contributed by atoms with E-state index in [1.165, 1.54) is 0 Å². The largest absolute Gasteiger partial charge is 0.497 e. The number of fused-ring (bicyclic) bond motifs is 2. The van der Waals surface area contributed by atoms with E-state index in [4.69, 9.17) is 4.74 Å². The van der Waals surface area contributed by atoms with E-state index >= 15 is 0 Å². The minimum absolute atomic E-state index is 0.0345. The number of hydrogen-bond acceptors (Lipinski definition) is 4. The molecule has 4 rings (SSSR count). The van der Waals surface area contributed by atoms with Gasteiger partial charge in [0.25, 0.3) is 0 Å². The summed E-state index contributed by atoms with van der Waals surface area (Å²) in [6, 6.07) is 7.65. The zero-order valence-electron chi connectivity index (χ0n) is 19.7. The molecule has 0 aromatic heterocycles. The van der Waals surface area contributed by atoms with Gasteiger partial charge in [-0.25, -0.2) is 0 Å². The Bertz CT molecular complexity index is 889. The summed E-state index contributed by atoms with van der Waals surface area (Å²) in [5.74, 6) is 1.31. The van der Waals surface area contributed by atoms with Crippen LogP contribution in [0, 0.1) is 16.7 Å². The fourth-order valence-electron chi connectivity index (χ4n) is 6.43. The van der Waals surface area contributed by atoms with Crippen LogP contribution in [0.25, 0.3) is 0 Å². The van der Waals surface area contributed by atoms with Crippen molar-refractivity contribution in [3.8, 4) is 5.75 Å². The fourth-order valence-corrected chi connectivity index (χ4v) is 6.43. The summed E-state index contributed by atoms with van der Waals surface area (Å²) in [5.41, 5.74) is 0.553. The maximum Gasteiger partial charge on any atom is 0.230 e. The summed E-state index contributed by atoms with van der Waals surface area (Å²) in [4.78, 5) is 43.9. The first-order chi connectivity index (χ1) is 15.2. The Morgan fingerprint density at radius 2 is 1.69 bits per heavy atom. The van der Waals surface area contributed by atoms with Gasteiger partial charge in [0.2, 0.25) is 17.7 Å². The molecule has 2 heterocycles. The van der Waals surface area contributed by atoms with Gasteiger partial charge in [-0.3, -0.25) is 14.4 Å². The molecule has 3 fully saturated rings. The third kappa shape index (κ3) is 3.76. The normalized spacial score (nSPS) is 26.2. The number of hydrogen-bond donors (Lipinski definition) is 0. The van der Waals surface area contributed by atoms with Gasteiger partial charge in [0.05, 0.1) is 18.9 Å². The number of ether oxygens (including phenoxy) is 1. The molecule has 1 saturated carbocycles. The number of nitrogens with zero attached hydrogens (tertiary/aromatic N) is 3. The van der Waals surface area contributed by atoms with Crippen LogP contribution in [0.5, 0.6) is 5.75 Å². The Kier molecular flexibility index (Phi) is 5.94. The molecule has 1 spiro atoms. The van der Waals surface area contributed by atoms with Crippen LogP contribution in [-0.4, -0.2) is 79.8 Å². The Morgan fingerprint density at radius 1 is 1.03 bits per heavy atom. The van der Waals surface area contributed by atoms with Gasteiger partial charge < -0.3 is 19.4 Å². The van der Waals surface area contributed by atoms with Crippen LogP contribution in [0.15, 0.2) is 24.3 Å². The average Bonchev–Trinajstić information content (AvgIpc) is 3.31. The lowest BCUT2D eigenvalue weighted by Crippen LogP contribution is -2.49. The Labute approximate surface area is 190 Å². The third-order valence-electron chi connectivity index (χ3n) is 8.25. The first-order valence-corrected chi connectivity index (χ1v) is 11.6. The molecule has 2 aliphatic heterocycles. The summed E-state index contributed by atoms with van der Waals surface area (Å²) < 4.78 is 5.19. The van der Waals surface area contributed by atoms with Crippen molar-refractivity contribution in [3.63, 3.8) is 0 Å². The molecule has 174 valence electrons. The first-order valence-electron chi connectivity index (χ1n) is 11.6. The zero-order valence-corrected chi connectivity index (χ0v) is 19.7. The molecule has 1 aromatic rings. The summed E-state index contributed by atoms with van der Waals surface area (Å²) in [6.07, 6.45) is 4.03. The number of amides is 3. The van der Waals surface area contributed by atoms with Crippen LogP contribution >= 0.6 is 0 Å². The molecule has 2 saturated heterocycles. The van der Waals surface area contributed by atoms with Gasteiger partial charge in [0, 0.05) is 47.2 Å². The zero-order chi connectivity index (χ0) is 23.1. The number of benzene rings is 1. The lowest BCUT2D eigenvalue weighted by molar-refractivity contribution is -0.142. The van der Waals surface area contributed by atoms with Crippen molar-refractivity contribution in [1.82, 2.24) is 14.7 Å². The molecule has 3 aliphatic rings. The predicted octanol–water partition coefficient (Wildman–Crippen LogP) is 2.19. The number of methoxy groups -OCH3 is 1. The number of carbonyl (C=O) groups is 3. The van der Waals surface area contributed by atoms with Crippen molar-refractivity contribution in [2.24, 2.45) is 16.7 Å². The van der Waals surface area contributed by atoms with E-state index in [2.05, 4.69) is 0 Å². The molecule has 0 bridgehead atoms. The Balaban J connectivity index is 1.45. The lowest BCUT2D eigenvalue weighted by Gasteiger charge is -2.44. The highest BCUT2D eigenvalue weighted by Crippen LogP contribution is 2.62. The molecule has 32 heavy (non-hydrogen) atoms. The molecule has 1 aliphatic carbocycles. The molecule has 0 unspecified atom stereocenters. The van der Waals surface area contributed by atoms with Crippen molar-refractivity contribution in [3.05, 3.63) is 29.8 Å². The van der Waals surface area contributed by atoms with Gasteiger partial charge in [0.1, 0.15) is 5.75 Å². The van der Waals surface area contributed by atoms with Gasteiger partial charge in [-0.05, 0) is 54.7 Å². The van der Waals surface area contributed by atoms with Crippen LogP contribution in [0.3, 0.4) is 0 Å². The minimum Gasteiger partial charge on any atom is -0.497 e. The van der Waals surface area contributed by atoms with Gasteiger partial charge in [-0.15, -0.1) is 0 Å². The van der Waals surface area contributed by atoms with Crippen molar-refractivity contribution in [2.45, 2.75) is 39.0 Å². The molecule has 3 amide bonds. The molecule has 2 atom stereocenters. The lowest BCUT2D eigenvalue weighted by atomic mass is 9.65. The van der Waals surface area contributed by atoms with Crippen molar-refractivity contribution in [1.29, 1.82) is 0 Å². The highest BCUT2D eigenvalue weighted by Gasteiger charge is 2.65. The van der Waals surface area contributed by atoms with E-state index in [1.54, 1.807) is 18.9 Å². The predicted molar refractivity (Wildman–Crippen MR) is 121 cm³/mol. The number of piperidine rings is 1. The Morgan fingerprint density at radius 3 is 2.25 bits per heavy atom. The molecular weight excluding hydrogens is 406 g/mol. The highest BCUT2D eigenvalue weighted by molar-refractivity contribution is 5.86. The molecule has 7 heteroatoms. The van der Waals surface area contributed by atoms with E-state index in [0.29, 0.717) is 19.5 Å². The molecule has 7 nitrogen and oxygen atoms in total. The van der Waals surface area contributed by atoms with Crippen LogP contribution in [-0.2, 0) is 20.8 Å². The molecule has 0 N–H and O–H groups in total. The van der Waals surface area contributed by atoms with E-state index in [9.17, 15) is 14.4 Å². The van der Waals surface area contributed by atoms with E-state index in [0.717, 1.165) is 50.1 Å². The maximum atomic E-state index is 13.3. The minimum atomic E-state index is -0.468. The third-order valence-corrected chi connectivity index (χ3v) is 8.25. The molecule has 1 aromatic carbocycles. The first kappa shape index (κ1) is 22.6. The summed E-state index contributed by atoms with van der Waals surface area (Å²) in [5, 5.41) is 0. The van der Waals surface area contributed by atoms with Crippen molar-refractivity contribution < 1.29 is 19.1 Å². The fraction of sp³-hybridized carbons (Fsp3) is 0.640. The summed E-state index contributed by atoms with van der Waals surface area (Å²) in [7, 11) is 5.26. The van der Waals surface area contributed by atoms with Crippen LogP contribution in [0.1, 0.15) is 38.2 Å². The van der Waals surface area contributed by atoms with Crippen LogP contribution < -0.4 is 4.74 Å². The van der Waals surface area contributed by atoms with E-state index < -0.39 is 5.41 Å². The maximum absolute atomic E-state index is 13.3. The standard InChI is InChI=1S/C25H35N3O4/c1-18(29)28-16-21-24(9-10-25(21,17-28)23(31)26(2)3)11-13-27(14-12-24)22(30)15-19-5-7-20(32-4)8-6-19/h5-8,21H,9-17H2,1-4H3/t21-,25+/m1/s1. The second-order valence-electron chi connectivity index (χ2n) is 10.1. The van der Waals surface area contributed by atoms with Crippen LogP contribution in [0.2, 0.25) is 0 Å². The number of rotatable bonds is 4. The SMILES string of the molecule is COc1ccc(CC(=O)N2CCC3(CC2)CC[C@]2(C(=O)N(C)C)CN(C(C)=O)C[C@H]32)cc1. The molecular formula is C25H35N3O4. The van der Waals surface area contributed by atoms with Gasteiger partial charge in [-0.1, -0.05) is 12.1 Å².